The molecule has 0 bridgehead atoms. The van der Waals surface area contributed by atoms with Crippen molar-refractivity contribution in [3.63, 3.8) is 0 Å². The van der Waals surface area contributed by atoms with Gasteiger partial charge in [-0.05, 0) is 55.5 Å². The molecule has 0 amide bonds. The number of aryl methyl sites for hydroxylation is 1. The molecule has 0 radical (unpaired) electrons. The average molecular weight is 394 g/mol. The Bertz CT molecular complexity index is 931. The number of fused-ring (bicyclic) bond motifs is 1. The molecule has 1 aliphatic rings. The van der Waals surface area contributed by atoms with Crippen molar-refractivity contribution in [1.82, 2.24) is 4.98 Å². The molecular weight excluding hydrogens is 380 g/mol. The van der Waals surface area contributed by atoms with Gasteiger partial charge in [0, 0.05) is 16.7 Å². The fourth-order valence-corrected chi connectivity index (χ4v) is 3.81. The fourth-order valence-electron chi connectivity index (χ4n) is 3.02. The Morgan fingerprint density at radius 3 is 2.48 bits per heavy atom. The number of hydrogen-bond acceptors (Lipinski definition) is 4. The molecule has 0 saturated heterocycles. The van der Waals surface area contributed by atoms with Crippen molar-refractivity contribution in [3.05, 3.63) is 63.4 Å². The Hall–Kier alpha value is -2.53. The van der Waals surface area contributed by atoms with Gasteiger partial charge in [-0.3, -0.25) is 0 Å². The van der Waals surface area contributed by atoms with Crippen molar-refractivity contribution in [1.29, 1.82) is 5.26 Å². The average Bonchev–Trinajstić information content (AvgIpc) is 2.64. The van der Waals surface area contributed by atoms with E-state index in [1.54, 1.807) is 6.07 Å². The van der Waals surface area contributed by atoms with Crippen molar-refractivity contribution in [3.8, 4) is 6.07 Å². The van der Waals surface area contributed by atoms with E-state index in [9.17, 15) is 27.9 Å². The van der Waals surface area contributed by atoms with Crippen LogP contribution in [-0.2, 0) is 19.0 Å². The Kier molecular flexibility index (Phi) is 5.42. The van der Waals surface area contributed by atoms with Gasteiger partial charge in [-0.2, -0.15) is 18.4 Å². The highest BCUT2D eigenvalue weighted by molar-refractivity contribution is 8.02. The third-order valence-electron chi connectivity index (χ3n) is 4.26. The standard InChI is InChI=1S/C19H14F4N2OS/c20-12-7-5-11(6-8-12)16(26)10-27-18-14(9-24)17(19(21,22)23)13-3-1-2-4-15(13)25-18/h5-8,10,26H,1-4H2. The highest BCUT2D eigenvalue weighted by Crippen LogP contribution is 2.41. The number of halogens is 4. The molecule has 1 aromatic heterocycles. The summed E-state index contributed by atoms with van der Waals surface area (Å²) in [6.07, 6.45) is -2.63. The molecule has 3 nitrogen and oxygen atoms in total. The Labute approximate surface area is 157 Å². The van der Waals surface area contributed by atoms with Gasteiger partial charge in [0.2, 0.25) is 0 Å². The molecule has 1 heterocycles. The van der Waals surface area contributed by atoms with Gasteiger partial charge in [-0.15, -0.1) is 0 Å². The van der Waals surface area contributed by atoms with Crippen molar-refractivity contribution in [2.45, 2.75) is 36.9 Å². The van der Waals surface area contributed by atoms with Gasteiger partial charge < -0.3 is 5.11 Å². The number of aromatic nitrogens is 1. The second-order valence-corrected chi connectivity index (χ2v) is 6.89. The van der Waals surface area contributed by atoms with Crippen molar-refractivity contribution < 1.29 is 22.7 Å². The van der Waals surface area contributed by atoms with E-state index >= 15 is 0 Å². The van der Waals surface area contributed by atoms with Gasteiger partial charge in [0.25, 0.3) is 0 Å². The summed E-state index contributed by atoms with van der Waals surface area (Å²) in [5.74, 6) is -0.728. The maximum atomic E-state index is 13.6. The second kappa shape index (κ2) is 7.61. The molecule has 0 fully saturated rings. The molecule has 1 aromatic carbocycles. The Morgan fingerprint density at radius 1 is 1.19 bits per heavy atom. The molecule has 140 valence electrons. The highest BCUT2D eigenvalue weighted by atomic mass is 32.2. The maximum Gasteiger partial charge on any atom is 0.418 e. The smallest absolute Gasteiger partial charge is 0.418 e. The topological polar surface area (TPSA) is 56.9 Å². The number of alkyl halides is 3. The van der Waals surface area contributed by atoms with Crippen molar-refractivity contribution >= 4 is 17.5 Å². The molecule has 0 saturated carbocycles. The van der Waals surface area contributed by atoms with Crippen molar-refractivity contribution in [2.24, 2.45) is 0 Å². The molecule has 1 aliphatic carbocycles. The number of pyridine rings is 1. The molecule has 2 aromatic rings. The molecule has 0 atom stereocenters. The molecule has 3 rings (SSSR count). The number of aliphatic hydroxyl groups excluding tert-OH is 1. The quantitative estimate of drug-likeness (QED) is 0.416. The van der Waals surface area contributed by atoms with Crippen LogP contribution in [0, 0.1) is 17.1 Å². The molecule has 27 heavy (non-hydrogen) atoms. The monoisotopic (exact) mass is 394 g/mol. The lowest BCUT2D eigenvalue weighted by atomic mass is 9.90. The third kappa shape index (κ3) is 4.08. The van der Waals surface area contributed by atoms with Crippen molar-refractivity contribution in [2.75, 3.05) is 0 Å². The fraction of sp³-hybridized carbons (Fsp3) is 0.263. The van der Waals surface area contributed by atoms with Gasteiger partial charge in [-0.1, -0.05) is 11.8 Å². The van der Waals surface area contributed by atoms with Gasteiger partial charge in [0.05, 0.1) is 11.1 Å². The minimum Gasteiger partial charge on any atom is -0.507 e. The first-order valence-electron chi connectivity index (χ1n) is 8.16. The normalized spacial score (nSPS) is 14.6. The zero-order valence-electron chi connectivity index (χ0n) is 14.0. The lowest BCUT2D eigenvalue weighted by molar-refractivity contribution is -0.138. The van der Waals surface area contributed by atoms with E-state index in [1.807, 2.05) is 0 Å². The van der Waals surface area contributed by atoms with E-state index in [0.29, 0.717) is 24.1 Å². The minimum absolute atomic E-state index is 0.0980. The van der Waals surface area contributed by atoms with E-state index in [1.165, 1.54) is 17.5 Å². The summed E-state index contributed by atoms with van der Waals surface area (Å²) in [6.45, 7) is 0. The number of benzene rings is 1. The van der Waals surface area contributed by atoms with E-state index < -0.39 is 23.1 Å². The number of aliphatic hydroxyl groups is 1. The number of thioether (sulfide) groups is 1. The predicted molar refractivity (Wildman–Crippen MR) is 93.5 cm³/mol. The van der Waals surface area contributed by atoms with Crippen LogP contribution in [0.25, 0.3) is 5.76 Å². The zero-order chi connectivity index (χ0) is 19.6. The SMILES string of the molecule is N#Cc1c(SC=C(O)c2ccc(F)cc2)nc2c(c1C(F)(F)F)CCCC2. The first-order valence-corrected chi connectivity index (χ1v) is 9.04. The lowest BCUT2D eigenvalue weighted by Crippen LogP contribution is -2.19. The zero-order valence-corrected chi connectivity index (χ0v) is 14.8. The minimum atomic E-state index is -4.66. The first kappa shape index (κ1) is 19.2. The molecule has 0 spiro atoms. The Balaban J connectivity index is 2.04. The summed E-state index contributed by atoms with van der Waals surface area (Å²) >= 11 is 0.742. The van der Waals surface area contributed by atoms with Gasteiger partial charge >= 0.3 is 6.18 Å². The van der Waals surface area contributed by atoms with Crippen LogP contribution in [0.5, 0.6) is 0 Å². The van der Waals surface area contributed by atoms with Crippen LogP contribution in [-0.4, -0.2) is 10.1 Å². The van der Waals surface area contributed by atoms with E-state index in [-0.39, 0.29) is 22.8 Å². The molecule has 0 aliphatic heterocycles. The maximum absolute atomic E-state index is 13.6. The van der Waals surface area contributed by atoms with Gasteiger partial charge in [0.1, 0.15) is 22.7 Å². The summed E-state index contributed by atoms with van der Waals surface area (Å²) in [7, 11) is 0. The van der Waals surface area contributed by atoms with Gasteiger partial charge in [-0.25, -0.2) is 9.37 Å². The van der Waals surface area contributed by atoms with E-state index in [0.717, 1.165) is 30.3 Å². The van der Waals surface area contributed by atoms with E-state index in [4.69, 9.17) is 0 Å². The summed E-state index contributed by atoms with van der Waals surface area (Å²) in [6, 6.07) is 6.62. The second-order valence-electron chi connectivity index (χ2n) is 6.04. The summed E-state index contributed by atoms with van der Waals surface area (Å²) < 4.78 is 53.8. The van der Waals surface area contributed by atoms with Crippen LogP contribution in [0.1, 0.15) is 40.8 Å². The number of nitriles is 1. The molecule has 1 N–H and O–H groups in total. The van der Waals surface area contributed by atoms with Crippen LogP contribution < -0.4 is 0 Å². The Morgan fingerprint density at radius 2 is 1.85 bits per heavy atom. The largest absolute Gasteiger partial charge is 0.507 e. The predicted octanol–water partition coefficient (Wildman–Crippen LogP) is 5.64. The van der Waals surface area contributed by atoms with Crippen LogP contribution >= 0.6 is 11.8 Å². The summed E-state index contributed by atoms with van der Waals surface area (Å²) in [5.41, 5.74) is -0.703. The molecule has 0 unspecified atom stereocenters. The number of rotatable bonds is 3. The lowest BCUT2D eigenvalue weighted by Gasteiger charge is -2.22. The summed E-state index contributed by atoms with van der Waals surface area (Å²) in [5, 5.41) is 20.5. The van der Waals surface area contributed by atoms with Crippen LogP contribution in [0.4, 0.5) is 17.6 Å². The molecular formula is C19H14F4N2OS. The summed E-state index contributed by atoms with van der Waals surface area (Å²) in [4.78, 5) is 4.26. The number of hydrogen-bond donors (Lipinski definition) is 1. The number of nitrogens with zero attached hydrogens (tertiary/aromatic N) is 2. The van der Waals surface area contributed by atoms with E-state index in [2.05, 4.69) is 4.98 Å². The van der Waals surface area contributed by atoms with Gasteiger partial charge in [0.15, 0.2) is 0 Å². The van der Waals surface area contributed by atoms with Crippen LogP contribution in [0.15, 0.2) is 34.7 Å². The first-order chi connectivity index (χ1) is 12.8. The van der Waals surface area contributed by atoms with Crippen LogP contribution in [0.2, 0.25) is 0 Å². The third-order valence-corrected chi connectivity index (χ3v) is 5.12. The molecule has 8 heteroatoms. The van der Waals surface area contributed by atoms with Crippen LogP contribution in [0.3, 0.4) is 0 Å². The highest BCUT2D eigenvalue weighted by Gasteiger charge is 2.39.